The van der Waals surface area contributed by atoms with Crippen molar-refractivity contribution in [3.63, 3.8) is 0 Å². The predicted octanol–water partition coefficient (Wildman–Crippen LogP) is 9.42. The molecule has 0 aromatic carbocycles. The van der Waals surface area contributed by atoms with Crippen LogP contribution in [0.4, 0.5) is 0 Å². The molecule has 0 aliphatic carbocycles. The first-order valence-corrected chi connectivity index (χ1v) is 22.8. The molecule has 1 rings (SSSR count). The molecule has 9 heteroatoms. The summed E-state index contributed by atoms with van der Waals surface area (Å²) in [5, 5.41) is 1.84. The van der Waals surface area contributed by atoms with Crippen LogP contribution in [0, 0.1) is 0 Å². The minimum Gasteiger partial charge on any atom is -0.464 e. The smallest absolute Gasteiger partial charge is 0.305 e. The molecule has 1 aliphatic rings. The van der Waals surface area contributed by atoms with Gasteiger partial charge in [0.05, 0.1) is 19.5 Å². The summed E-state index contributed by atoms with van der Waals surface area (Å²) in [4.78, 5) is 44.1. The molecule has 0 aromatic rings. The lowest BCUT2D eigenvalue weighted by molar-refractivity contribution is -0.448. The van der Waals surface area contributed by atoms with Crippen molar-refractivity contribution in [3.8, 4) is 0 Å². The quantitative estimate of drug-likeness (QED) is 0.0366. The highest BCUT2D eigenvalue weighted by atomic mass is 16.5. The molecule has 1 atom stereocenters. The van der Waals surface area contributed by atoms with Gasteiger partial charge in [0.25, 0.3) is 5.91 Å². The lowest BCUT2D eigenvalue weighted by Crippen LogP contribution is -2.74. The number of aliphatic imine (C=N–C) groups is 1. The number of carbonyl (C=O) groups is 3. The van der Waals surface area contributed by atoms with Gasteiger partial charge >= 0.3 is 11.9 Å². The van der Waals surface area contributed by atoms with Crippen LogP contribution in [0.3, 0.4) is 0 Å². The van der Waals surface area contributed by atoms with Crippen LogP contribution in [0.15, 0.2) is 41.2 Å². The Kier molecular flexibility index (Phi) is 34.8. The zero-order chi connectivity index (χ0) is 39.9. The fourth-order valence-electron chi connectivity index (χ4n) is 6.75. The molecule has 1 amide bonds. The lowest BCUT2D eigenvalue weighted by atomic mass is 10.1. The number of carbonyl (C=O) groups excluding carboxylic acids is 3. The number of allylic oxidation sites excluding steroid dienone is 4. The molecule has 1 aliphatic heterocycles. The zero-order valence-electron chi connectivity index (χ0n) is 35.6. The number of hydrogen-bond donors (Lipinski definition) is 2. The number of esters is 2. The third-order valence-electron chi connectivity index (χ3n) is 10.3. The van der Waals surface area contributed by atoms with E-state index < -0.39 is 6.04 Å². The average Bonchev–Trinajstić information content (AvgIpc) is 3.70. The second-order valence-electron chi connectivity index (χ2n) is 15.5. The first kappa shape index (κ1) is 50.2. The van der Waals surface area contributed by atoms with E-state index >= 15 is 0 Å². The number of amides is 1. The summed E-state index contributed by atoms with van der Waals surface area (Å²) in [7, 11) is 0. The molecule has 5 N–H and O–H groups in total. The van der Waals surface area contributed by atoms with E-state index in [9.17, 15) is 14.4 Å². The second kappa shape index (κ2) is 38.1. The molecule has 0 aromatic heterocycles. The Bertz CT molecular complexity index is 1010. The fraction of sp³-hybridized carbons (Fsp3) is 0.783. The Balaban J connectivity index is 2.21. The summed E-state index contributed by atoms with van der Waals surface area (Å²) >= 11 is 0. The summed E-state index contributed by atoms with van der Waals surface area (Å²) < 4.78 is 11.0. The average molecular weight is 773 g/mol. The molecule has 1 heterocycles. The number of ether oxygens (including phenoxy) is 2. The normalized spacial score (nSPS) is 13.2. The molecular weight excluding hydrogens is 689 g/mol. The van der Waals surface area contributed by atoms with Gasteiger partial charge in [-0.3, -0.25) is 19.7 Å². The molecule has 0 spiro atoms. The van der Waals surface area contributed by atoms with Crippen LogP contribution in [0.1, 0.15) is 200 Å². The number of nitrogens with two attached hydrogens (primary N) is 1. The Hall–Kier alpha value is -2.78. The van der Waals surface area contributed by atoms with E-state index in [2.05, 4.69) is 48.9 Å². The van der Waals surface area contributed by atoms with Crippen LogP contribution >= 0.6 is 0 Å². The Morgan fingerprint density at radius 2 is 1.00 bits per heavy atom. The summed E-state index contributed by atoms with van der Waals surface area (Å²) in [5.41, 5.74) is 4.89. The van der Waals surface area contributed by atoms with E-state index in [1.165, 1.54) is 116 Å². The fourth-order valence-corrected chi connectivity index (χ4v) is 6.75. The van der Waals surface area contributed by atoms with Crippen molar-refractivity contribution in [1.29, 1.82) is 0 Å². The molecule has 0 bridgehead atoms. The molecule has 316 valence electrons. The van der Waals surface area contributed by atoms with Crippen LogP contribution in [-0.4, -0.2) is 61.4 Å². The van der Waals surface area contributed by atoms with Gasteiger partial charge in [-0.25, -0.2) is 4.99 Å². The van der Waals surface area contributed by atoms with Crippen molar-refractivity contribution in [2.45, 2.75) is 206 Å². The number of nitrogens with zero attached hydrogens (tertiary/aromatic N) is 2. The molecule has 0 saturated carbocycles. The van der Waals surface area contributed by atoms with Gasteiger partial charge in [0.2, 0.25) is 0 Å². The van der Waals surface area contributed by atoms with Gasteiger partial charge in [-0.15, -0.1) is 0 Å². The third-order valence-corrected chi connectivity index (χ3v) is 10.3. The highest BCUT2D eigenvalue weighted by Gasteiger charge is 2.26. The number of rotatable bonds is 39. The lowest BCUT2D eigenvalue weighted by Gasteiger charge is -2.24. The van der Waals surface area contributed by atoms with Gasteiger partial charge in [0.15, 0.2) is 12.4 Å². The molecule has 0 fully saturated rings. The monoisotopic (exact) mass is 773 g/mol. The van der Waals surface area contributed by atoms with Crippen molar-refractivity contribution >= 4 is 24.2 Å². The van der Waals surface area contributed by atoms with Crippen molar-refractivity contribution in [1.82, 2.24) is 4.90 Å². The van der Waals surface area contributed by atoms with Crippen molar-refractivity contribution in [3.05, 3.63) is 36.2 Å². The third kappa shape index (κ3) is 32.1. The largest absolute Gasteiger partial charge is 0.464 e. The van der Waals surface area contributed by atoms with Crippen LogP contribution in [0.25, 0.3) is 0 Å². The maximum absolute atomic E-state index is 13.3. The van der Waals surface area contributed by atoms with Crippen LogP contribution in [0.2, 0.25) is 0 Å². The maximum atomic E-state index is 13.3. The number of unbranched alkanes of at least 4 members (excludes halogenated alkanes) is 22. The van der Waals surface area contributed by atoms with Crippen molar-refractivity contribution in [2.24, 2.45) is 4.99 Å². The molecule has 0 saturated heterocycles. The summed E-state index contributed by atoms with van der Waals surface area (Å²) in [6, 6.07) is -0.534. The van der Waals surface area contributed by atoms with E-state index in [-0.39, 0.29) is 44.1 Å². The second-order valence-corrected chi connectivity index (χ2v) is 15.5. The first-order valence-electron chi connectivity index (χ1n) is 22.8. The Labute approximate surface area is 336 Å². The van der Waals surface area contributed by atoms with E-state index in [4.69, 9.17) is 9.47 Å². The van der Waals surface area contributed by atoms with Gasteiger partial charge in [-0.2, -0.15) is 0 Å². The maximum Gasteiger partial charge on any atom is 0.305 e. The van der Waals surface area contributed by atoms with E-state index in [0.29, 0.717) is 19.3 Å². The topological polar surface area (TPSA) is 130 Å². The minimum atomic E-state index is -0.534. The van der Waals surface area contributed by atoms with E-state index in [0.717, 1.165) is 57.1 Å². The zero-order valence-corrected chi connectivity index (χ0v) is 35.6. The van der Waals surface area contributed by atoms with Gasteiger partial charge in [-0.1, -0.05) is 141 Å². The molecular formula is C46H84N4O5+2. The SMILES string of the molecule is CCCCCCCC/C=C\CCCCCCCC(=O)OCCN(CCOC(=O)CCCCCCC/C=C\CCCCCCCC)C(=O)[C@@H]([NH3+])CC1=C[NH2+]C=N1. The molecule has 55 heavy (non-hydrogen) atoms. The summed E-state index contributed by atoms with van der Waals surface area (Å²) in [6.45, 7) is 5.22. The number of hydrogen-bond acceptors (Lipinski definition) is 6. The Morgan fingerprint density at radius 3 is 1.38 bits per heavy atom. The first-order chi connectivity index (χ1) is 27.0. The van der Waals surface area contributed by atoms with Gasteiger partial charge < -0.3 is 20.1 Å². The summed E-state index contributed by atoms with van der Waals surface area (Å²) in [5.74, 6) is -0.628. The molecule has 0 unspecified atom stereocenters. The molecule has 0 radical (unpaired) electrons. The highest BCUT2D eigenvalue weighted by molar-refractivity contribution is 5.81. The van der Waals surface area contributed by atoms with Crippen LogP contribution in [-0.2, 0) is 23.9 Å². The van der Waals surface area contributed by atoms with Crippen molar-refractivity contribution in [2.75, 3.05) is 26.3 Å². The van der Waals surface area contributed by atoms with Gasteiger partial charge in [-0.05, 0) is 64.2 Å². The number of quaternary nitrogens is 2. The molecule has 9 nitrogen and oxygen atoms in total. The standard InChI is InChI=1S/C46H82N4O5/c1-3-5-7-9-11-13-15-17-19-21-23-25-27-29-31-33-44(51)54-37-35-50(46(53)43(47)39-42-40-48-41-49-42)36-38-55-45(52)34-32-30-28-26-24-22-20-18-16-14-12-10-8-6-4-2/h17-20,40-41,43H,3-16,21-39,47H2,1-2H3,(H,48,49)/p+2/b19-17-,20-18-/t43-/m0/s1. The minimum absolute atomic E-state index is 0.111. The van der Waals surface area contributed by atoms with Crippen LogP contribution in [0.5, 0.6) is 0 Å². The van der Waals surface area contributed by atoms with Crippen LogP contribution < -0.4 is 11.1 Å². The van der Waals surface area contributed by atoms with Gasteiger partial charge in [0, 0.05) is 12.8 Å². The highest BCUT2D eigenvalue weighted by Crippen LogP contribution is 2.13. The van der Waals surface area contributed by atoms with Gasteiger partial charge in [0.1, 0.15) is 25.1 Å². The van der Waals surface area contributed by atoms with E-state index in [1.54, 1.807) is 11.2 Å². The predicted molar refractivity (Wildman–Crippen MR) is 227 cm³/mol. The van der Waals surface area contributed by atoms with Crippen molar-refractivity contribution < 1.29 is 34.9 Å². The Morgan fingerprint density at radius 1 is 0.618 bits per heavy atom. The summed E-state index contributed by atoms with van der Waals surface area (Å²) in [6.07, 6.45) is 45.6. The van der Waals surface area contributed by atoms with E-state index in [1.807, 2.05) is 11.5 Å².